The van der Waals surface area contributed by atoms with Crippen molar-refractivity contribution in [3.8, 4) is 11.1 Å². The zero-order valence-electron chi connectivity index (χ0n) is 15.5. The Labute approximate surface area is 160 Å². The fourth-order valence-corrected chi connectivity index (χ4v) is 3.84. The first-order chi connectivity index (χ1) is 13.3. The van der Waals surface area contributed by atoms with Gasteiger partial charge in [0.25, 0.3) is 0 Å². The molecule has 0 saturated carbocycles. The smallest absolute Gasteiger partial charge is 0.224 e. The van der Waals surface area contributed by atoms with Crippen LogP contribution in [0.5, 0.6) is 0 Å². The van der Waals surface area contributed by atoms with Crippen LogP contribution in [0, 0.1) is 0 Å². The second-order valence-electron chi connectivity index (χ2n) is 7.17. The second-order valence-corrected chi connectivity index (χ2v) is 7.17. The standard InChI is InChI=1S/C22H26N2O3/c25-22(23-20-15-27-16-21(20)24-10-12-26-13-11-24)14-17-6-8-19(9-7-17)18-4-2-1-3-5-18/h1-9,20-21H,10-16H2,(H,23,25). The molecule has 2 unspecified atom stereocenters. The Hall–Kier alpha value is -2.21. The minimum Gasteiger partial charge on any atom is -0.379 e. The van der Waals surface area contributed by atoms with E-state index < -0.39 is 0 Å². The number of amides is 1. The van der Waals surface area contributed by atoms with Gasteiger partial charge >= 0.3 is 0 Å². The van der Waals surface area contributed by atoms with Gasteiger partial charge in [-0.15, -0.1) is 0 Å². The summed E-state index contributed by atoms with van der Waals surface area (Å²) in [5, 5.41) is 3.17. The van der Waals surface area contributed by atoms with Gasteiger partial charge in [-0.25, -0.2) is 0 Å². The molecule has 5 heteroatoms. The first-order valence-electron chi connectivity index (χ1n) is 9.63. The minimum absolute atomic E-state index is 0.0521. The molecule has 0 spiro atoms. The van der Waals surface area contributed by atoms with Crippen molar-refractivity contribution in [2.24, 2.45) is 0 Å². The third kappa shape index (κ3) is 4.56. The van der Waals surface area contributed by atoms with E-state index in [9.17, 15) is 4.79 Å². The van der Waals surface area contributed by atoms with E-state index in [1.165, 1.54) is 5.56 Å². The number of ether oxygens (including phenoxy) is 2. The average Bonchev–Trinajstić information content (AvgIpc) is 3.18. The van der Waals surface area contributed by atoms with Gasteiger partial charge in [0.1, 0.15) is 0 Å². The first kappa shape index (κ1) is 18.2. The zero-order chi connectivity index (χ0) is 18.5. The monoisotopic (exact) mass is 366 g/mol. The summed E-state index contributed by atoms with van der Waals surface area (Å²) in [6, 6.07) is 18.8. The van der Waals surface area contributed by atoms with Gasteiger partial charge in [0.15, 0.2) is 0 Å². The number of carbonyl (C=O) groups excluding carboxylic acids is 1. The molecule has 2 aliphatic rings. The molecule has 2 fully saturated rings. The Balaban J connectivity index is 1.33. The van der Waals surface area contributed by atoms with Crippen molar-refractivity contribution in [1.82, 2.24) is 10.2 Å². The normalized spacial score (nSPS) is 23.3. The van der Waals surface area contributed by atoms with Crippen LogP contribution in [0.2, 0.25) is 0 Å². The highest BCUT2D eigenvalue weighted by Crippen LogP contribution is 2.20. The molecule has 1 N–H and O–H groups in total. The third-order valence-electron chi connectivity index (χ3n) is 5.34. The summed E-state index contributed by atoms with van der Waals surface area (Å²) in [5.74, 6) is 0.0521. The van der Waals surface area contributed by atoms with Gasteiger partial charge in [0, 0.05) is 13.1 Å². The summed E-state index contributed by atoms with van der Waals surface area (Å²) in [5.41, 5.74) is 3.37. The molecule has 27 heavy (non-hydrogen) atoms. The van der Waals surface area contributed by atoms with Crippen LogP contribution < -0.4 is 5.32 Å². The highest BCUT2D eigenvalue weighted by molar-refractivity contribution is 5.79. The van der Waals surface area contributed by atoms with Crippen molar-refractivity contribution in [3.05, 3.63) is 60.2 Å². The van der Waals surface area contributed by atoms with Crippen molar-refractivity contribution >= 4 is 5.91 Å². The molecule has 0 aromatic heterocycles. The minimum atomic E-state index is 0.0521. The Kier molecular flexibility index (Phi) is 5.82. The van der Waals surface area contributed by atoms with Crippen molar-refractivity contribution in [1.29, 1.82) is 0 Å². The molecule has 4 rings (SSSR count). The summed E-state index contributed by atoms with van der Waals surface area (Å²) < 4.78 is 11.1. The van der Waals surface area contributed by atoms with Crippen LogP contribution in [0.4, 0.5) is 0 Å². The van der Waals surface area contributed by atoms with E-state index in [1.54, 1.807) is 0 Å². The van der Waals surface area contributed by atoms with Gasteiger partial charge in [-0.1, -0.05) is 54.6 Å². The van der Waals surface area contributed by atoms with E-state index in [-0.39, 0.29) is 18.0 Å². The van der Waals surface area contributed by atoms with E-state index in [4.69, 9.17) is 9.47 Å². The molecule has 2 aliphatic heterocycles. The van der Waals surface area contributed by atoms with Crippen LogP contribution in [0.1, 0.15) is 5.56 Å². The van der Waals surface area contributed by atoms with Gasteiger partial charge in [0.05, 0.1) is 44.9 Å². The van der Waals surface area contributed by atoms with Gasteiger partial charge in [-0.3, -0.25) is 9.69 Å². The molecule has 142 valence electrons. The summed E-state index contributed by atoms with van der Waals surface area (Å²) in [6.07, 6.45) is 0.390. The van der Waals surface area contributed by atoms with E-state index in [2.05, 4.69) is 34.5 Å². The van der Waals surface area contributed by atoms with Crippen molar-refractivity contribution in [2.45, 2.75) is 18.5 Å². The molecule has 0 radical (unpaired) electrons. The third-order valence-corrected chi connectivity index (χ3v) is 5.34. The average molecular weight is 366 g/mol. The molecular weight excluding hydrogens is 340 g/mol. The summed E-state index contributed by atoms with van der Waals surface area (Å²) in [6.45, 7) is 4.58. The van der Waals surface area contributed by atoms with Crippen molar-refractivity contribution in [3.63, 3.8) is 0 Å². The maximum atomic E-state index is 12.5. The molecule has 1 amide bonds. The SMILES string of the molecule is O=C(Cc1ccc(-c2ccccc2)cc1)NC1COCC1N1CCOCC1. The molecule has 5 nitrogen and oxygen atoms in total. The Morgan fingerprint density at radius 1 is 0.926 bits per heavy atom. The predicted octanol–water partition coefficient (Wildman–Crippen LogP) is 2.11. The topological polar surface area (TPSA) is 50.8 Å². The van der Waals surface area contributed by atoms with E-state index >= 15 is 0 Å². The number of rotatable bonds is 5. The molecular formula is C22H26N2O3. The number of nitrogens with zero attached hydrogens (tertiary/aromatic N) is 1. The molecule has 2 aromatic carbocycles. The van der Waals surface area contributed by atoms with Crippen LogP contribution in [-0.4, -0.2) is 62.4 Å². The quantitative estimate of drug-likeness (QED) is 0.881. The lowest BCUT2D eigenvalue weighted by atomic mass is 10.0. The lowest BCUT2D eigenvalue weighted by molar-refractivity contribution is -0.121. The van der Waals surface area contributed by atoms with E-state index in [1.807, 2.05) is 30.3 Å². The maximum Gasteiger partial charge on any atom is 0.224 e. The zero-order valence-corrected chi connectivity index (χ0v) is 15.5. The first-order valence-corrected chi connectivity index (χ1v) is 9.63. The van der Waals surface area contributed by atoms with Crippen LogP contribution in [0.3, 0.4) is 0 Å². The van der Waals surface area contributed by atoms with Gasteiger partial charge < -0.3 is 14.8 Å². The lowest BCUT2D eigenvalue weighted by Gasteiger charge is -2.34. The summed E-state index contributed by atoms with van der Waals surface area (Å²) >= 11 is 0. The number of hydrogen-bond donors (Lipinski definition) is 1. The Morgan fingerprint density at radius 2 is 1.63 bits per heavy atom. The highest BCUT2D eigenvalue weighted by Gasteiger charge is 2.34. The highest BCUT2D eigenvalue weighted by atomic mass is 16.5. The van der Waals surface area contributed by atoms with Gasteiger partial charge in [0.2, 0.25) is 5.91 Å². The lowest BCUT2D eigenvalue weighted by Crippen LogP contribution is -2.54. The Morgan fingerprint density at radius 3 is 2.37 bits per heavy atom. The van der Waals surface area contributed by atoms with Crippen LogP contribution in [-0.2, 0) is 20.7 Å². The predicted molar refractivity (Wildman–Crippen MR) is 105 cm³/mol. The fraction of sp³-hybridized carbons (Fsp3) is 0.409. The van der Waals surface area contributed by atoms with Crippen LogP contribution in [0.25, 0.3) is 11.1 Å². The molecule has 0 bridgehead atoms. The second kappa shape index (κ2) is 8.65. The number of nitrogens with one attached hydrogen (secondary N) is 1. The van der Waals surface area contributed by atoms with E-state index in [0.717, 1.165) is 37.4 Å². The van der Waals surface area contributed by atoms with Gasteiger partial charge in [-0.2, -0.15) is 0 Å². The van der Waals surface area contributed by atoms with Crippen molar-refractivity contribution < 1.29 is 14.3 Å². The number of hydrogen-bond acceptors (Lipinski definition) is 4. The largest absolute Gasteiger partial charge is 0.379 e. The van der Waals surface area contributed by atoms with Crippen molar-refractivity contribution in [2.75, 3.05) is 39.5 Å². The maximum absolute atomic E-state index is 12.5. The Bertz CT molecular complexity index is 742. The number of benzene rings is 2. The number of carbonyl (C=O) groups is 1. The summed E-state index contributed by atoms with van der Waals surface area (Å²) in [7, 11) is 0. The molecule has 0 aliphatic carbocycles. The number of morpholine rings is 1. The molecule has 2 saturated heterocycles. The molecule has 2 atom stereocenters. The van der Waals surface area contributed by atoms with Crippen LogP contribution >= 0.6 is 0 Å². The van der Waals surface area contributed by atoms with E-state index in [0.29, 0.717) is 19.6 Å². The van der Waals surface area contributed by atoms with Crippen LogP contribution in [0.15, 0.2) is 54.6 Å². The molecule has 2 aromatic rings. The summed E-state index contributed by atoms with van der Waals surface area (Å²) in [4.78, 5) is 14.9. The van der Waals surface area contributed by atoms with Gasteiger partial charge in [-0.05, 0) is 16.7 Å². The molecule has 2 heterocycles. The fourth-order valence-electron chi connectivity index (χ4n) is 3.84.